The Hall–Kier alpha value is -0.796. The fourth-order valence-corrected chi connectivity index (χ4v) is 1.52. The second-order valence-electron chi connectivity index (χ2n) is 4.71. The summed E-state index contributed by atoms with van der Waals surface area (Å²) in [5.74, 6) is 0.312. The number of allylic oxidation sites excluding steroid dienone is 2. The Balaban J connectivity index is 0. The standard InChI is InChI=1S/C9H13O2.C8H9O.Y/c1-4-8(7-11)9(2,3)5-6-10;1-2-7-3-5-8(9)6-4-7;/h4,6-7H,2,5H2,1,3H3;3-6,9H,1-2H2;/q2*-1;/b8-4-;;/t9-;;/m0../s1. The van der Waals surface area contributed by atoms with Gasteiger partial charge in [0.25, 0.3) is 0 Å². The number of aldehydes is 2. The van der Waals surface area contributed by atoms with E-state index in [2.05, 4.69) is 13.8 Å². The molecule has 0 aliphatic heterocycles. The Kier molecular flexibility index (Phi) is 12.7. The first kappa shape index (κ1) is 22.5. The molecular weight excluding hydrogens is 341 g/mol. The Morgan fingerprint density at radius 1 is 1.29 bits per heavy atom. The molecule has 1 atom stereocenters. The number of rotatable bonds is 5. The summed E-state index contributed by atoms with van der Waals surface area (Å²) in [6.07, 6.45) is 4.27. The zero-order valence-electron chi connectivity index (χ0n) is 12.7. The Morgan fingerprint density at radius 3 is 2.14 bits per heavy atom. The van der Waals surface area contributed by atoms with Crippen LogP contribution in [0.3, 0.4) is 0 Å². The maximum atomic E-state index is 10.4. The molecule has 0 spiro atoms. The van der Waals surface area contributed by atoms with E-state index in [1.54, 1.807) is 32.1 Å². The van der Waals surface area contributed by atoms with Gasteiger partial charge in [-0.1, -0.05) is 30.7 Å². The summed E-state index contributed by atoms with van der Waals surface area (Å²) < 4.78 is 0. The van der Waals surface area contributed by atoms with Gasteiger partial charge in [-0.2, -0.15) is 6.42 Å². The molecule has 0 heterocycles. The predicted molar refractivity (Wildman–Crippen MR) is 81.1 cm³/mol. The van der Waals surface area contributed by atoms with E-state index in [0.29, 0.717) is 11.3 Å². The molecule has 1 radical (unpaired) electrons. The van der Waals surface area contributed by atoms with Gasteiger partial charge < -0.3 is 23.7 Å². The van der Waals surface area contributed by atoms with Gasteiger partial charge >= 0.3 is 0 Å². The molecule has 1 aromatic rings. The molecule has 0 aliphatic carbocycles. The quantitative estimate of drug-likeness (QED) is 0.496. The molecule has 3 nitrogen and oxygen atoms in total. The minimum atomic E-state index is -0.557. The zero-order chi connectivity index (χ0) is 15.6. The van der Waals surface area contributed by atoms with Crippen molar-refractivity contribution in [2.75, 3.05) is 0 Å². The molecule has 0 unspecified atom stereocenters. The minimum Gasteiger partial charge on any atom is -0.508 e. The van der Waals surface area contributed by atoms with Crippen LogP contribution in [0.1, 0.15) is 25.8 Å². The Bertz CT molecular complexity index is 448. The molecule has 1 aromatic carbocycles. The van der Waals surface area contributed by atoms with E-state index < -0.39 is 5.41 Å². The van der Waals surface area contributed by atoms with Crippen LogP contribution in [0.4, 0.5) is 0 Å². The van der Waals surface area contributed by atoms with Gasteiger partial charge in [0.1, 0.15) is 18.3 Å². The van der Waals surface area contributed by atoms with Crippen molar-refractivity contribution in [2.24, 2.45) is 5.41 Å². The number of aromatic hydroxyl groups is 1. The second-order valence-corrected chi connectivity index (χ2v) is 4.71. The third kappa shape index (κ3) is 8.95. The summed E-state index contributed by atoms with van der Waals surface area (Å²) in [5, 5.41) is 8.83. The van der Waals surface area contributed by atoms with E-state index in [9.17, 15) is 9.59 Å². The summed E-state index contributed by atoms with van der Waals surface area (Å²) in [7, 11) is 0. The summed E-state index contributed by atoms with van der Waals surface area (Å²) >= 11 is 0. The molecule has 0 amide bonds. The zero-order valence-corrected chi connectivity index (χ0v) is 15.5. The number of phenolic OH excluding ortho intramolecular Hbond substituents is 1. The Labute approximate surface area is 152 Å². The van der Waals surface area contributed by atoms with Crippen molar-refractivity contribution >= 4 is 12.6 Å². The second kappa shape index (κ2) is 11.8. The van der Waals surface area contributed by atoms with Crippen molar-refractivity contribution in [3.05, 3.63) is 55.3 Å². The molecule has 0 aromatic heterocycles. The van der Waals surface area contributed by atoms with Crippen LogP contribution in [0.15, 0.2) is 35.9 Å². The molecule has 0 saturated heterocycles. The maximum absolute atomic E-state index is 10.4. The number of phenols is 1. The van der Waals surface area contributed by atoms with E-state index >= 15 is 0 Å². The minimum absolute atomic E-state index is 0. The first-order valence-corrected chi connectivity index (χ1v) is 6.39. The molecule has 113 valence electrons. The van der Waals surface area contributed by atoms with Gasteiger partial charge in [0.2, 0.25) is 0 Å². The van der Waals surface area contributed by atoms with Crippen molar-refractivity contribution in [3.63, 3.8) is 0 Å². The van der Waals surface area contributed by atoms with Crippen molar-refractivity contribution in [3.8, 4) is 5.75 Å². The third-order valence-electron chi connectivity index (χ3n) is 2.89. The van der Waals surface area contributed by atoms with Crippen LogP contribution >= 0.6 is 0 Å². The van der Waals surface area contributed by atoms with Crippen molar-refractivity contribution in [1.29, 1.82) is 0 Å². The number of hydrogen-bond acceptors (Lipinski definition) is 3. The molecule has 1 N–H and O–H groups in total. The van der Waals surface area contributed by atoms with Gasteiger partial charge in [-0.3, -0.25) is 4.79 Å². The number of carbonyl (C=O) groups excluding carboxylic acids is 2. The molecule has 0 fully saturated rings. The maximum Gasteiger partial charge on any atom is 0.143 e. The molecule has 0 saturated carbocycles. The third-order valence-corrected chi connectivity index (χ3v) is 2.89. The van der Waals surface area contributed by atoms with E-state index in [-0.39, 0.29) is 39.1 Å². The molecular formula is C17H22O3Y-2. The molecule has 4 heteroatoms. The normalized spacial score (nSPS) is 13.0. The van der Waals surface area contributed by atoms with Crippen LogP contribution in [0.25, 0.3) is 0 Å². The summed E-state index contributed by atoms with van der Waals surface area (Å²) in [4.78, 5) is 20.6. The number of carbonyl (C=O) groups is 2. The van der Waals surface area contributed by atoms with Crippen molar-refractivity contribution in [1.82, 2.24) is 0 Å². The van der Waals surface area contributed by atoms with Crippen molar-refractivity contribution < 1.29 is 47.4 Å². The fourth-order valence-electron chi connectivity index (χ4n) is 1.52. The van der Waals surface area contributed by atoms with E-state index in [0.717, 1.165) is 24.6 Å². The first-order chi connectivity index (χ1) is 9.41. The molecule has 21 heavy (non-hydrogen) atoms. The van der Waals surface area contributed by atoms with Crippen LogP contribution in [-0.4, -0.2) is 17.7 Å². The average molecular weight is 363 g/mol. The first-order valence-electron chi connectivity index (χ1n) is 6.39. The summed E-state index contributed by atoms with van der Waals surface area (Å²) in [6, 6.07) is 7.06. The van der Waals surface area contributed by atoms with E-state index in [1.165, 1.54) is 0 Å². The Morgan fingerprint density at radius 2 is 1.81 bits per heavy atom. The topological polar surface area (TPSA) is 54.4 Å². The van der Waals surface area contributed by atoms with E-state index in [1.807, 2.05) is 12.1 Å². The molecule has 1 rings (SSSR count). The van der Waals surface area contributed by atoms with Crippen LogP contribution < -0.4 is 0 Å². The van der Waals surface area contributed by atoms with Gasteiger partial charge in [0.05, 0.1) is 0 Å². The monoisotopic (exact) mass is 363 g/mol. The summed E-state index contributed by atoms with van der Waals surface area (Å²) in [5.41, 5.74) is 1.16. The van der Waals surface area contributed by atoms with Crippen LogP contribution in [0.2, 0.25) is 0 Å². The van der Waals surface area contributed by atoms with E-state index in [4.69, 9.17) is 5.11 Å². The number of hydrogen-bond donors (Lipinski definition) is 1. The smallest absolute Gasteiger partial charge is 0.143 e. The van der Waals surface area contributed by atoms with Crippen LogP contribution in [0, 0.1) is 19.3 Å². The molecule has 0 bridgehead atoms. The fraction of sp³-hybridized carbons (Fsp3) is 0.294. The average Bonchev–Trinajstić information content (AvgIpc) is 2.41. The molecule has 0 aliphatic rings. The van der Waals surface area contributed by atoms with Gasteiger partial charge in [0.15, 0.2) is 0 Å². The summed E-state index contributed by atoms with van der Waals surface area (Å²) in [6.45, 7) is 11.0. The van der Waals surface area contributed by atoms with Crippen molar-refractivity contribution in [2.45, 2.75) is 26.7 Å². The predicted octanol–water partition coefficient (Wildman–Crippen LogP) is 3.33. The van der Waals surface area contributed by atoms with Gasteiger partial charge in [0, 0.05) is 32.7 Å². The largest absolute Gasteiger partial charge is 0.508 e. The van der Waals surface area contributed by atoms with Gasteiger partial charge in [-0.15, -0.1) is 5.41 Å². The number of benzene rings is 1. The van der Waals surface area contributed by atoms with Crippen LogP contribution in [0.5, 0.6) is 5.75 Å². The van der Waals surface area contributed by atoms with Crippen LogP contribution in [-0.2, 0) is 48.7 Å². The van der Waals surface area contributed by atoms with Gasteiger partial charge in [-0.25, -0.2) is 0 Å². The van der Waals surface area contributed by atoms with Gasteiger partial charge in [-0.05, 0) is 31.1 Å². The SMILES string of the molecule is [CH2-]Cc1ccc(O)cc1.[CH2-][C@](C)(CC=O)/C(C=O)=C\C.[Y].